The molecule has 1 aliphatic heterocycles. The molecule has 2 aromatic rings. The van der Waals surface area contributed by atoms with Gasteiger partial charge >= 0.3 is 0 Å². The smallest absolute Gasteiger partial charge is 0.271 e. The number of aromatic nitrogens is 2. The Morgan fingerprint density at radius 3 is 2.71 bits per heavy atom. The molecular formula is C17H20N4O2S. The fourth-order valence-electron chi connectivity index (χ4n) is 2.75. The average Bonchev–Trinajstić information content (AvgIpc) is 3.15. The van der Waals surface area contributed by atoms with Gasteiger partial charge in [0.05, 0.1) is 17.5 Å². The highest BCUT2D eigenvalue weighted by Crippen LogP contribution is 2.19. The lowest BCUT2D eigenvalue weighted by molar-refractivity contribution is 0.0684. The van der Waals surface area contributed by atoms with E-state index in [1.165, 1.54) is 17.5 Å². The number of likely N-dealkylation sites (tertiary alicyclic amines) is 1. The average molecular weight is 344 g/mol. The molecule has 0 spiro atoms. The van der Waals surface area contributed by atoms with Gasteiger partial charge in [0.2, 0.25) is 0 Å². The summed E-state index contributed by atoms with van der Waals surface area (Å²) < 4.78 is 0. The number of hydrogen-bond acceptors (Lipinski definition) is 5. The Bertz CT molecular complexity index is 692. The molecule has 0 saturated carbocycles. The van der Waals surface area contributed by atoms with Gasteiger partial charge in [-0.1, -0.05) is 0 Å². The zero-order chi connectivity index (χ0) is 16.9. The lowest BCUT2D eigenvalue weighted by Gasteiger charge is -2.31. The van der Waals surface area contributed by atoms with Gasteiger partial charge in [0.25, 0.3) is 11.8 Å². The summed E-state index contributed by atoms with van der Waals surface area (Å²) in [4.78, 5) is 34.4. The molecule has 0 aliphatic carbocycles. The quantitative estimate of drug-likeness (QED) is 0.922. The van der Waals surface area contributed by atoms with E-state index in [1.54, 1.807) is 6.20 Å². The first-order valence-electron chi connectivity index (χ1n) is 8.02. The van der Waals surface area contributed by atoms with Crippen molar-refractivity contribution in [3.8, 4) is 0 Å². The van der Waals surface area contributed by atoms with Crippen molar-refractivity contribution in [1.82, 2.24) is 20.2 Å². The van der Waals surface area contributed by atoms with Crippen LogP contribution in [0.3, 0.4) is 0 Å². The third-order valence-corrected chi connectivity index (χ3v) is 4.92. The molecule has 0 bridgehead atoms. The van der Waals surface area contributed by atoms with Crippen LogP contribution in [0.25, 0.3) is 0 Å². The molecule has 126 valence electrons. The van der Waals surface area contributed by atoms with Gasteiger partial charge in [-0.3, -0.25) is 14.6 Å². The van der Waals surface area contributed by atoms with Crippen LogP contribution >= 0.6 is 11.3 Å². The first kappa shape index (κ1) is 16.6. The summed E-state index contributed by atoms with van der Waals surface area (Å²) in [6.07, 6.45) is 4.88. The third-order valence-electron chi connectivity index (χ3n) is 4.23. The SMILES string of the molecule is Cc1cnc(C(=O)NCC2CCN(C(=O)c3ccsc3)CC2)cn1. The number of amides is 2. The van der Waals surface area contributed by atoms with E-state index >= 15 is 0 Å². The lowest BCUT2D eigenvalue weighted by Crippen LogP contribution is -2.41. The van der Waals surface area contributed by atoms with Gasteiger partial charge in [0, 0.05) is 31.2 Å². The third kappa shape index (κ3) is 3.97. The molecule has 6 nitrogen and oxygen atoms in total. The molecule has 0 unspecified atom stereocenters. The van der Waals surface area contributed by atoms with Crippen molar-refractivity contribution in [1.29, 1.82) is 0 Å². The molecule has 0 atom stereocenters. The van der Waals surface area contributed by atoms with Crippen LogP contribution in [0, 0.1) is 12.8 Å². The predicted molar refractivity (Wildman–Crippen MR) is 92.0 cm³/mol. The molecule has 0 aromatic carbocycles. The fourth-order valence-corrected chi connectivity index (χ4v) is 3.38. The fraction of sp³-hybridized carbons (Fsp3) is 0.412. The molecule has 1 saturated heterocycles. The summed E-state index contributed by atoms with van der Waals surface area (Å²) >= 11 is 1.54. The van der Waals surface area contributed by atoms with E-state index in [9.17, 15) is 9.59 Å². The molecule has 1 N–H and O–H groups in total. The largest absolute Gasteiger partial charge is 0.350 e. The minimum atomic E-state index is -0.195. The van der Waals surface area contributed by atoms with Crippen LogP contribution in [-0.2, 0) is 0 Å². The van der Waals surface area contributed by atoms with Crippen molar-refractivity contribution in [3.63, 3.8) is 0 Å². The highest BCUT2D eigenvalue weighted by atomic mass is 32.1. The van der Waals surface area contributed by atoms with Crippen LogP contribution in [0.1, 0.15) is 39.4 Å². The van der Waals surface area contributed by atoms with E-state index in [-0.39, 0.29) is 11.8 Å². The maximum atomic E-state index is 12.3. The summed E-state index contributed by atoms with van der Waals surface area (Å²) in [7, 11) is 0. The van der Waals surface area contributed by atoms with Crippen molar-refractivity contribution in [3.05, 3.63) is 46.2 Å². The Morgan fingerprint density at radius 1 is 1.29 bits per heavy atom. The number of carbonyl (C=O) groups excluding carboxylic acids is 2. The van der Waals surface area contributed by atoms with Crippen molar-refractivity contribution in [2.45, 2.75) is 19.8 Å². The van der Waals surface area contributed by atoms with E-state index in [2.05, 4.69) is 15.3 Å². The summed E-state index contributed by atoms with van der Waals surface area (Å²) in [5.41, 5.74) is 1.89. The van der Waals surface area contributed by atoms with Crippen LogP contribution in [0.2, 0.25) is 0 Å². The molecular weight excluding hydrogens is 324 g/mol. The molecule has 2 aromatic heterocycles. The Labute approximate surface area is 144 Å². The summed E-state index contributed by atoms with van der Waals surface area (Å²) in [5, 5.41) is 6.72. The van der Waals surface area contributed by atoms with Gasteiger partial charge in [-0.05, 0) is 37.1 Å². The monoisotopic (exact) mass is 344 g/mol. The van der Waals surface area contributed by atoms with Crippen molar-refractivity contribution < 1.29 is 9.59 Å². The predicted octanol–water partition coefficient (Wildman–Crippen LogP) is 2.13. The van der Waals surface area contributed by atoms with E-state index in [1.807, 2.05) is 28.7 Å². The molecule has 0 radical (unpaired) electrons. The maximum absolute atomic E-state index is 12.3. The van der Waals surface area contributed by atoms with Gasteiger partial charge < -0.3 is 10.2 Å². The minimum Gasteiger partial charge on any atom is -0.350 e. The van der Waals surface area contributed by atoms with Crippen LogP contribution in [0.4, 0.5) is 0 Å². The molecule has 3 rings (SSSR count). The number of rotatable bonds is 4. The van der Waals surface area contributed by atoms with Gasteiger partial charge in [-0.15, -0.1) is 0 Å². The minimum absolute atomic E-state index is 0.105. The summed E-state index contributed by atoms with van der Waals surface area (Å²) in [6.45, 7) is 3.91. The molecule has 1 aliphatic rings. The number of thiophene rings is 1. The Kier molecular flexibility index (Phi) is 5.20. The van der Waals surface area contributed by atoms with Crippen LogP contribution < -0.4 is 5.32 Å². The van der Waals surface area contributed by atoms with Crippen LogP contribution in [0.15, 0.2) is 29.2 Å². The van der Waals surface area contributed by atoms with E-state index in [4.69, 9.17) is 0 Å². The van der Waals surface area contributed by atoms with Crippen molar-refractivity contribution in [2.75, 3.05) is 19.6 Å². The van der Waals surface area contributed by atoms with Crippen LogP contribution in [-0.4, -0.2) is 46.3 Å². The topological polar surface area (TPSA) is 75.2 Å². The zero-order valence-corrected chi connectivity index (χ0v) is 14.4. The van der Waals surface area contributed by atoms with Crippen LogP contribution in [0.5, 0.6) is 0 Å². The standard InChI is InChI=1S/C17H20N4O2S/c1-12-8-19-15(10-18-12)16(22)20-9-13-2-5-21(6-3-13)17(23)14-4-7-24-11-14/h4,7-8,10-11,13H,2-3,5-6,9H2,1H3,(H,20,22). The molecule has 3 heterocycles. The number of piperidine rings is 1. The second-order valence-electron chi connectivity index (χ2n) is 6.00. The van der Waals surface area contributed by atoms with Crippen molar-refractivity contribution in [2.24, 2.45) is 5.92 Å². The molecule has 7 heteroatoms. The summed E-state index contributed by atoms with van der Waals surface area (Å²) in [5.74, 6) is 0.298. The first-order chi connectivity index (χ1) is 11.6. The number of nitrogens with zero attached hydrogens (tertiary/aromatic N) is 3. The second-order valence-corrected chi connectivity index (χ2v) is 6.78. The van der Waals surface area contributed by atoms with Gasteiger partial charge in [-0.2, -0.15) is 11.3 Å². The lowest BCUT2D eigenvalue weighted by atomic mass is 9.96. The first-order valence-corrected chi connectivity index (χ1v) is 8.96. The van der Waals surface area contributed by atoms with Crippen molar-refractivity contribution >= 4 is 23.2 Å². The number of hydrogen-bond donors (Lipinski definition) is 1. The number of aryl methyl sites for hydroxylation is 1. The summed E-state index contributed by atoms with van der Waals surface area (Å²) in [6, 6.07) is 1.86. The van der Waals surface area contributed by atoms with Gasteiger partial charge in [0.1, 0.15) is 5.69 Å². The Balaban J connectivity index is 1.45. The Morgan fingerprint density at radius 2 is 2.08 bits per heavy atom. The van der Waals surface area contributed by atoms with Gasteiger partial charge in [0.15, 0.2) is 0 Å². The highest BCUT2D eigenvalue weighted by Gasteiger charge is 2.24. The number of carbonyl (C=O) groups is 2. The molecule has 2 amide bonds. The second kappa shape index (κ2) is 7.53. The van der Waals surface area contributed by atoms with Gasteiger partial charge in [-0.25, -0.2) is 4.98 Å². The maximum Gasteiger partial charge on any atom is 0.271 e. The number of nitrogens with one attached hydrogen (secondary N) is 1. The zero-order valence-electron chi connectivity index (χ0n) is 13.6. The molecule has 1 fully saturated rings. The van der Waals surface area contributed by atoms with E-state index in [0.717, 1.165) is 37.2 Å². The van der Waals surface area contributed by atoms with E-state index in [0.29, 0.717) is 18.2 Å². The normalized spacial score (nSPS) is 15.3. The van der Waals surface area contributed by atoms with E-state index < -0.39 is 0 Å². The highest BCUT2D eigenvalue weighted by molar-refractivity contribution is 7.08. The Hall–Kier alpha value is -2.28. The molecule has 24 heavy (non-hydrogen) atoms.